The second-order valence-electron chi connectivity index (χ2n) is 5.37. The zero-order valence-corrected chi connectivity index (χ0v) is 11.0. The van der Waals surface area contributed by atoms with Gasteiger partial charge >= 0.3 is 0 Å². The van der Waals surface area contributed by atoms with Gasteiger partial charge in [-0.05, 0) is 42.5 Å². The van der Waals surface area contributed by atoms with Crippen molar-refractivity contribution < 1.29 is 0 Å². The first-order valence-corrected chi connectivity index (χ1v) is 6.62. The van der Waals surface area contributed by atoms with E-state index in [-0.39, 0.29) is 0 Å². The van der Waals surface area contributed by atoms with Crippen molar-refractivity contribution >= 4 is 5.69 Å². The maximum atomic E-state index is 4.29. The number of fused-ring (bicyclic) bond motifs is 1. The predicted molar refractivity (Wildman–Crippen MR) is 74.3 cm³/mol. The van der Waals surface area contributed by atoms with E-state index in [2.05, 4.69) is 46.9 Å². The molecule has 1 aliphatic rings. The Hall–Kier alpha value is -1.77. The topological polar surface area (TPSA) is 29.9 Å². The summed E-state index contributed by atoms with van der Waals surface area (Å²) < 4.78 is 2.21. The lowest BCUT2D eigenvalue weighted by Crippen LogP contribution is -2.03. The Labute approximate surface area is 108 Å². The molecule has 0 spiro atoms. The molecule has 0 saturated heterocycles. The Morgan fingerprint density at radius 3 is 3.11 bits per heavy atom. The van der Waals surface area contributed by atoms with E-state index in [4.69, 9.17) is 0 Å². The van der Waals surface area contributed by atoms with Crippen LogP contribution < -0.4 is 5.32 Å². The van der Waals surface area contributed by atoms with Crippen LogP contribution in [0.4, 0.5) is 5.69 Å². The van der Waals surface area contributed by atoms with Crippen LogP contribution in [0.15, 0.2) is 30.7 Å². The third kappa shape index (κ3) is 2.01. The summed E-state index contributed by atoms with van der Waals surface area (Å²) >= 11 is 0. The first kappa shape index (κ1) is 11.3. The Bertz CT molecular complexity index is 555. The molecule has 0 amide bonds. The van der Waals surface area contributed by atoms with Gasteiger partial charge < -0.3 is 9.88 Å². The SMILES string of the molecule is CC(C)Cc1cncn1-c1ccc2c(c1)CCN2. The second kappa shape index (κ2) is 4.48. The van der Waals surface area contributed by atoms with Crippen molar-refractivity contribution in [1.29, 1.82) is 0 Å². The van der Waals surface area contributed by atoms with Crippen molar-refractivity contribution in [1.82, 2.24) is 9.55 Å². The van der Waals surface area contributed by atoms with Gasteiger partial charge in [0.25, 0.3) is 0 Å². The molecule has 0 bridgehead atoms. The van der Waals surface area contributed by atoms with Gasteiger partial charge in [0.2, 0.25) is 0 Å². The second-order valence-corrected chi connectivity index (χ2v) is 5.37. The van der Waals surface area contributed by atoms with Crippen LogP contribution in [-0.2, 0) is 12.8 Å². The van der Waals surface area contributed by atoms with Crippen LogP contribution in [-0.4, -0.2) is 16.1 Å². The van der Waals surface area contributed by atoms with Gasteiger partial charge in [-0.3, -0.25) is 0 Å². The fourth-order valence-electron chi connectivity index (χ4n) is 2.57. The molecule has 1 N–H and O–H groups in total. The molecule has 1 aromatic carbocycles. The van der Waals surface area contributed by atoms with Gasteiger partial charge in [0.15, 0.2) is 0 Å². The van der Waals surface area contributed by atoms with Gasteiger partial charge in [-0.2, -0.15) is 0 Å². The molecule has 1 aromatic heterocycles. The molecule has 0 atom stereocenters. The molecule has 0 aliphatic carbocycles. The predicted octanol–water partition coefficient (Wildman–Crippen LogP) is 3.04. The summed E-state index contributed by atoms with van der Waals surface area (Å²) in [5.41, 5.74) is 5.21. The summed E-state index contributed by atoms with van der Waals surface area (Å²) in [6.07, 6.45) is 6.08. The highest BCUT2D eigenvalue weighted by Crippen LogP contribution is 2.25. The van der Waals surface area contributed by atoms with Gasteiger partial charge in [0.1, 0.15) is 0 Å². The number of benzene rings is 1. The molecule has 0 radical (unpaired) electrons. The van der Waals surface area contributed by atoms with Crippen molar-refractivity contribution in [3.63, 3.8) is 0 Å². The molecule has 3 nitrogen and oxygen atoms in total. The van der Waals surface area contributed by atoms with Crippen LogP contribution in [0, 0.1) is 5.92 Å². The molecule has 0 saturated carbocycles. The van der Waals surface area contributed by atoms with E-state index in [1.165, 1.54) is 22.6 Å². The van der Waals surface area contributed by atoms with Crippen LogP contribution in [0.25, 0.3) is 5.69 Å². The standard InChI is InChI=1S/C15H19N3/c1-11(2)7-14-9-16-10-18(14)13-3-4-15-12(8-13)5-6-17-15/h3-4,8-11,17H,5-7H2,1-2H3. The normalized spacial score (nSPS) is 13.7. The fraction of sp³-hybridized carbons (Fsp3) is 0.400. The fourth-order valence-corrected chi connectivity index (χ4v) is 2.57. The zero-order chi connectivity index (χ0) is 12.5. The highest BCUT2D eigenvalue weighted by molar-refractivity contribution is 5.59. The quantitative estimate of drug-likeness (QED) is 0.895. The van der Waals surface area contributed by atoms with Crippen molar-refractivity contribution in [2.75, 3.05) is 11.9 Å². The average molecular weight is 241 g/mol. The molecule has 3 heteroatoms. The largest absolute Gasteiger partial charge is 0.384 e. The van der Waals surface area contributed by atoms with Crippen LogP contribution in [0.1, 0.15) is 25.1 Å². The first-order chi connectivity index (χ1) is 8.74. The molecule has 0 fully saturated rings. The van der Waals surface area contributed by atoms with E-state index >= 15 is 0 Å². The lowest BCUT2D eigenvalue weighted by molar-refractivity contribution is 0.627. The number of nitrogens with zero attached hydrogens (tertiary/aromatic N) is 2. The molecule has 1 aliphatic heterocycles. The maximum Gasteiger partial charge on any atom is 0.0994 e. The first-order valence-electron chi connectivity index (χ1n) is 6.62. The summed E-state index contributed by atoms with van der Waals surface area (Å²) in [5, 5.41) is 3.39. The van der Waals surface area contributed by atoms with Gasteiger partial charge in [-0.15, -0.1) is 0 Å². The molecular weight excluding hydrogens is 222 g/mol. The average Bonchev–Trinajstić information content (AvgIpc) is 2.95. The van der Waals surface area contributed by atoms with Gasteiger partial charge in [0, 0.05) is 29.8 Å². The van der Waals surface area contributed by atoms with Crippen LogP contribution in [0.5, 0.6) is 0 Å². The minimum Gasteiger partial charge on any atom is -0.384 e. The lowest BCUT2D eigenvalue weighted by atomic mass is 10.1. The van der Waals surface area contributed by atoms with Crippen molar-refractivity contribution in [3.05, 3.63) is 42.0 Å². The van der Waals surface area contributed by atoms with Crippen LogP contribution in [0.2, 0.25) is 0 Å². The van der Waals surface area contributed by atoms with E-state index < -0.39 is 0 Å². The van der Waals surface area contributed by atoms with Crippen LogP contribution >= 0.6 is 0 Å². The number of anilines is 1. The number of rotatable bonds is 3. The maximum absolute atomic E-state index is 4.29. The van der Waals surface area contributed by atoms with E-state index in [0.29, 0.717) is 5.92 Å². The number of nitrogens with one attached hydrogen (secondary N) is 1. The molecule has 2 aromatic rings. The van der Waals surface area contributed by atoms with E-state index in [1.807, 2.05) is 12.5 Å². The van der Waals surface area contributed by atoms with Crippen molar-refractivity contribution in [2.24, 2.45) is 5.92 Å². The smallest absolute Gasteiger partial charge is 0.0994 e. The summed E-state index contributed by atoms with van der Waals surface area (Å²) in [6.45, 7) is 5.54. The van der Waals surface area contributed by atoms with E-state index in [1.54, 1.807) is 0 Å². The lowest BCUT2D eigenvalue weighted by Gasteiger charge is -2.11. The molecule has 0 unspecified atom stereocenters. The van der Waals surface area contributed by atoms with Crippen LogP contribution in [0.3, 0.4) is 0 Å². The highest BCUT2D eigenvalue weighted by atomic mass is 15.0. The number of imidazole rings is 1. The summed E-state index contributed by atoms with van der Waals surface area (Å²) in [6, 6.07) is 6.63. The highest BCUT2D eigenvalue weighted by Gasteiger charge is 2.12. The number of hydrogen-bond donors (Lipinski definition) is 1. The summed E-state index contributed by atoms with van der Waals surface area (Å²) in [5.74, 6) is 0.650. The Morgan fingerprint density at radius 2 is 2.28 bits per heavy atom. The molecule has 2 heterocycles. The minimum absolute atomic E-state index is 0.650. The van der Waals surface area contributed by atoms with Crippen molar-refractivity contribution in [3.8, 4) is 5.69 Å². The molecular formula is C15H19N3. The molecule has 94 valence electrons. The number of hydrogen-bond acceptors (Lipinski definition) is 2. The third-order valence-corrected chi connectivity index (χ3v) is 3.41. The minimum atomic E-state index is 0.650. The molecule has 18 heavy (non-hydrogen) atoms. The Morgan fingerprint density at radius 1 is 1.39 bits per heavy atom. The van der Waals surface area contributed by atoms with Gasteiger partial charge in [-0.25, -0.2) is 4.98 Å². The third-order valence-electron chi connectivity index (χ3n) is 3.41. The van der Waals surface area contributed by atoms with Gasteiger partial charge in [-0.1, -0.05) is 13.8 Å². The monoisotopic (exact) mass is 241 g/mol. The summed E-state index contributed by atoms with van der Waals surface area (Å²) in [7, 11) is 0. The Balaban J connectivity index is 1.97. The molecule has 3 rings (SSSR count). The number of aromatic nitrogens is 2. The van der Waals surface area contributed by atoms with Gasteiger partial charge in [0.05, 0.1) is 6.33 Å². The summed E-state index contributed by atoms with van der Waals surface area (Å²) in [4.78, 5) is 4.29. The van der Waals surface area contributed by atoms with Crippen molar-refractivity contribution in [2.45, 2.75) is 26.7 Å². The Kier molecular flexibility index (Phi) is 2.82. The van der Waals surface area contributed by atoms with E-state index in [9.17, 15) is 0 Å². The van der Waals surface area contributed by atoms with E-state index in [0.717, 1.165) is 19.4 Å². The zero-order valence-electron chi connectivity index (χ0n) is 11.0.